The van der Waals surface area contributed by atoms with Crippen LogP contribution in [0.2, 0.25) is 10.0 Å². The molecule has 6 nitrogen and oxygen atoms in total. The number of benzene rings is 3. The summed E-state index contributed by atoms with van der Waals surface area (Å²) in [6, 6.07) is 13.8. The number of methoxy groups -OCH3 is 2. The van der Waals surface area contributed by atoms with Gasteiger partial charge in [-0.2, -0.15) is 0 Å². The molecule has 1 unspecified atom stereocenters. The third-order valence-electron chi connectivity index (χ3n) is 5.47. The molecule has 1 atom stereocenters. The molecule has 3 aromatic carbocycles. The minimum Gasteiger partial charge on any atom is -0.507 e. The predicted octanol–water partition coefficient (Wildman–Crippen LogP) is 5.78. The van der Waals surface area contributed by atoms with Gasteiger partial charge in [0.05, 0.1) is 30.9 Å². The molecule has 0 aliphatic carbocycles. The van der Waals surface area contributed by atoms with E-state index >= 15 is 0 Å². The molecule has 174 valence electrons. The molecule has 0 saturated carbocycles. The van der Waals surface area contributed by atoms with Crippen molar-refractivity contribution in [2.75, 3.05) is 19.1 Å². The molecule has 1 N–H and O–H groups in total. The number of carbonyl (C=O) groups is 2. The maximum absolute atomic E-state index is 13.8. The molecule has 9 heteroatoms. The minimum atomic E-state index is -1.02. The molecule has 4 rings (SSSR count). The third-order valence-corrected chi connectivity index (χ3v) is 6.01. The van der Waals surface area contributed by atoms with Crippen LogP contribution < -0.4 is 14.4 Å². The summed E-state index contributed by atoms with van der Waals surface area (Å²) in [5.41, 5.74) is 0.789. The topological polar surface area (TPSA) is 76.1 Å². The van der Waals surface area contributed by atoms with Crippen molar-refractivity contribution < 1.29 is 28.6 Å². The van der Waals surface area contributed by atoms with Crippen LogP contribution in [-0.4, -0.2) is 31.0 Å². The van der Waals surface area contributed by atoms with Crippen LogP contribution >= 0.6 is 23.2 Å². The average Bonchev–Trinajstić information content (AvgIpc) is 3.10. The van der Waals surface area contributed by atoms with Crippen LogP contribution in [0.3, 0.4) is 0 Å². The van der Waals surface area contributed by atoms with Gasteiger partial charge in [-0.05, 0) is 54.1 Å². The number of ketones is 1. The van der Waals surface area contributed by atoms with Gasteiger partial charge in [-0.25, -0.2) is 4.39 Å². The van der Waals surface area contributed by atoms with E-state index < -0.39 is 29.3 Å². The number of aliphatic hydroxyl groups is 1. The van der Waals surface area contributed by atoms with Crippen molar-refractivity contribution in [1.82, 2.24) is 0 Å². The molecule has 1 saturated heterocycles. The summed E-state index contributed by atoms with van der Waals surface area (Å²) in [5.74, 6) is -2.13. The van der Waals surface area contributed by atoms with E-state index in [2.05, 4.69) is 0 Å². The van der Waals surface area contributed by atoms with Crippen molar-refractivity contribution >= 4 is 46.3 Å². The Labute approximate surface area is 204 Å². The maximum Gasteiger partial charge on any atom is 0.300 e. The number of nitrogens with zero attached hydrogens (tertiary/aromatic N) is 1. The summed E-state index contributed by atoms with van der Waals surface area (Å²) < 4.78 is 24.3. The fourth-order valence-corrected chi connectivity index (χ4v) is 4.13. The lowest BCUT2D eigenvalue weighted by atomic mass is 9.95. The second kappa shape index (κ2) is 9.37. The van der Waals surface area contributed by atoms with E-state index in [0.717, 1.165) is 6.07 Å². The van der Waals surface area contributed by atoms with Crippen LogP contribution in [0.25, 0.3) is 5.76 Å². The summed E-state index contributed by atoms with van der Waals surface area (Å²) in [7, 11) is 2.91. The van der Waals surface area contributed by atoms with Crippen molar-refractivity contribution in [2.24, 2.45) is 0 Å². The number of hydrogen-bond donors (Lipinski definition) is 1. The van der Waals surface area contributed by atoms with Gasteiger partial charge in [-0.15, -0.1) is 0 Å². The quantitative estimate of drug-likeness (QED) is 0.272. The zero-order valence-corrected chi connectivity index (χ0v) is 19.5. The van der Waals surface area contributed by atoms with Crippen molar-refractivity contribution in [3.63, 3.8) is 0 Å². The third kappa shape index (κ3) is 4.08. The number of halogens is 3. The van der Waals surface area contributed by atoms with Crippen molar-refractivity contribution in [3.05, 3.63) is 93.2 Å². The fraction of sp³-hybridized carbons (Fsp3) is 0.120. The Kier molecular flexibility index (Phi) is 6.50. The Bertz CT molecular complexity index is 1320. The number of ether oxygens (including phenoxy) is 2. The van der Waals surface area contributed by atoms with Gasteiger partial charge in [0.15, 0.2) is 11.5 Å². The summed E-state index contributed by atoms with van der Waals surface area (Å²) in [6.07, 6.45) is 0. The second-order valence-electron chi connectivity index (χ2n) is 7.39. The van der Waals surface area contributed by atoms with Crippen molar-refractivity contribution in [1.29, 1.82) is 0 Å². The molecule has 1 amide bonds. The van der Waals surface area contributed by atoms with Crippen LogP contribution in [0, 0.1) is 5.82 Å². The molecular weight excluding hydrogens is 484 g/mol. The number of Topliss-reactive ketones (excluding diaryl/α,β-unsaturated/α-hetero) is 1. The molecular formula is C25H18Cl2FNO5. The monoisotopic (exact) mass is 501 g/mol. The standard InChI is InChI=1S/C25H18Cl2FNO5/c1-33-19-10-5-14(11-20(19)34-2)23(30)21-22(13-3-6-15(26)7-4-13)29(25(32)24(21)31)16-8-9-18(28)17(27)12-16/h3-12,22,30H,1-2H3/b23-21+. The molecule has 1 aliphatic rings. The van der Waals surface area contributed by atoms with Gasteiger partial charge in [0.2, 0.25) is 0 Å². The first-order chi connectivity index (χ1) is 16.3. The molecule has 0 spiro atoms. The van der Waals surface area contributed by atoms with Gasteiger partial charge < -0.3 is 14.6 Å². The summed E-state index contributed by atoms with van der Waals surface area (Å²) >= 11 is 12.0. The Balaban J connectivity index is 1.94. The molecule has 0 radical (unpaired) electrons. The summed E-state index contributed by atoms with van der Waals surface area (Å²) in [5, 5.41) is 11.4. The van der Waals surface area contributed by atoms with Gasteiger partial charge in [-0.3, -0.25) is 14.5 Å². The Morgan fingerprint density at radius 3 is 2.24 bits per heavy atom. The molecule has 3 aromatic rings. The number of carbonyl (C=O) groups excluding carboxylic acids is 2. The molecule has 0 aromatic heterocycles. The zero-order chi connectivity index (χ0) is 24.6. The lowest BCUT2D eigenvalue weighted by molar-refractivity contribution is -0.132. The van der Waals surface area contributed by atoms with E-state index in [0.29, 0.717) is 22.1 Å². The van der Waals surface area contributed by atoms with Crippen LogP contribution in [0.1, 0.15) is 17.2 Å². The van der Waals surface area contributed by atoms with Crippen LogP contribution in [-0.2, 0) is 9.59 Å². The average molecular weight is 502 g/mol. The van der Waals surface area contributed by atoms with E-state index in [1.165, 1.54) is 43.4 Å². The lowest BCUT2D eigenvalue weighted by Crippen LogP contribution is -2.29. The highest BCUT2D eigenvalue weighted by Gasteiger charge is 2.47. The van der Waals surface area contributed by atoms with E-state index in [4.69, 9.17) is 32.7 Å². The van der Waals surface area contributed by atoms with Gasteiger partial charge in [-0.1, -0.05) is 35.3 Å². The van der Waals surface area contributed by atoms with E-state index in [9.17, 15) is 19.1 Å². The van der Waals surface area contributed by atoms with Crippen LogP contribution in [0.5, 0.6) is 11.5 Å². The van der Waals surface area contributed by atoms with Gasteiger partial charge in [0.1, 0.15) is 11.6 Å². The Morgan fingerprint density at radius 1 is 0.941 bits per heavy atom. The number of rotatable bonds is 5. The van der Waals surface area contributed by atoms with Crippen molar-refractivity contribution in [3.8, 4) is 11.5 Å². The first kappa shape index (κ1) is 23.6. The normalized spacial score (nSPS) is 17.2. The van der Waals surface area contributed by atoms with Gasteiger partial charge >= 0.3 is 0 Å². The maximum atomic E-state index is 13.8. The molecule has 0 bridgehead atoms. The predicted molar refractivity (Wildman–Crippen MR) is 127 cm³/mol. The molecule has 1 fully saturated rings. The highest BCUT2D eigenvalue weighted by atomic mass is 35.5. The molecule has 1 heterocycles. The summed E-state index contributed by atoms with van der Waals surface area (Å²) in [6.45, 7) is 0. The minimum absolute atomic E-state index is 0.153. The van der Waals surface area contributed by atoms with E-state index in [1.807, 2.05) is 0 Å². The first-order valence-electron chi connectivity index (χ1n) is 10.0. The van der Waals surface area contributed by atoms with Gasteiger partial charge in [0.25, 0.3) is 11.7 Å². The largest absolute Gasteiger partial charge is 0.507 e. The van der Waals surface area contributed by atoms with E-state index in [1.54, 1.807) is 30.3 Å². The Hall–Kier alpha value is -3.55. The zero-order valence-electron chi connectivity index (χ0n) is 18.0. The fourth-order valence-electron chi connectivity index (χ4n) is 3.83. The lowest BCUT2D eigenvalue weighted by Gasteiger charge is -2.25. The van der Waals surface area contributed by atoms with Crippen LogP contribution in [0.15, 0.2) is 66.2 Å². The Morgan fingerprint density at radius 2 is 1.62 bits per heavy atom. The first-order valence-corrected chi connectivity index (χ1v) is 10.8. The van der Waals surface area contributed by atoms with E-state index in [-0.39, 0.29) is 21.8 Å². The SMILES string of the molecule is COc1ccc(/C(O)=C2\C(=O)C(=O)N(c3ccc(F)c(Cl)c3)C2c2ccc(Cl)cc2)cc1OC. The second-order valence-corrected chi connectivity index (χ2v) is 8.23. The smallest absolute Gasteiger partial charge is 0.300 e. The number of hydrogen-bond acceptors (Lipinski definition) is 5. The molecule has 34 heavy (non-hydrogen) atoms. The number of anilines is 1. The highest BCUT2D eigenvalue weighted by molar-refractivity contribution is 6.51. The highest BCUT2D eigenvalue weighted by Crippen LogP contribution is 2.43. The number of aliphatic hydroxyl groups excluding tert-OH is 1. The van der Waals surface area contributed by atoms with Crippen molar-refractivity contribution in [2.45, 2.75) is 6.04 Å². The van der Waals surface area contributed by atoms with Crippen LogP contribution in [0.4, 0.5) is 10.1 Å². The molecule has 1 aliphatic heterocycles. The van der Waals surface area contributed by atoms with Gasteiger partial charge in [0, 0.05) is 16.3 Å². The summed E-state index contributed by atoms with van der Waals surface area (Å²) in [4.78, 5) is 27.5. The number of amides is 1.